The van der Waals surface area contributed by atoms with Gasteiger partial charge in [0.05, 0.1) is 0 Å². The number of benzene rings is 2. The highest BCUT2D eigenvalue weighted by molar-refractivity contribution is 5.92. The summed E-state index contributed by atoms with van der Waals surface area (Å²) in [4.78, 5) is 36.1. The van der Waals surface area contributed by atoms with Gasteiger partial charge in [0.25, 0.3) is 0 Å². The topological polar surface area (TPSA) is 84.9 Å². The van der Waals surface area contributed by atoms with Crippen LogP contribution in [0.4, 0.5) is 9.59 Å². The van der Waals surface area contributed by atoms with Gasteiger partial charge in [0.15, 0.2) is 0 Å². The molecule has 0 atom stereocenters. The van der Waals surface area contributed by atoms with Gasteiger partial charge in [-0.15, -0.1) is 0 Å². The van der Waals surface area contributed by atoms with E-state index in [2.05, 4.69) is 9.97 Å². The second-order valence-electron chi connectivity index (χ2n) is 8.95. The summed E-state index contributed by atoms with van der Waals surface area (Å²) >= 11 is 0. The van der Waals surface area contributed by atoms with Crippen molar-refractivity contribution >= 4 is 33.7 Å². The first-order chi connectivity index (χ1) is 17.3. The molecule has 0 aliphatic rings. The highest BCUT2D eigenvalue weighted by Crippen LogP contribution is 2.30. The molecule has 0 saturated carbocycles. The number of ether oxygens (including phenoxy) is 2. The summed E-state index contributed by atoms with van der Waals surface area (Å²) < 4.78 is 11.1. The lowest BCUT2D eigenvalue weighted by Gasteiger charge is -2.14. The Hall–Kier alpha value is -4.20. The van der Waals surface area contributed by atoms with Gasteiger partial charge in [0.2, 0.25) is 0 Å². The lowest BCUT2D eigenvalue weighted by atomic mass is 10.0. The maximum absolute atomic E-state index is 12.0. The van der Waals surface area contributed by atoms with Gasteiger partial charge in [-0.25, -0.2) is 9.59 Å². The van der Waals surface area contributed by atoms with Crippen molar-refractivity contribution in [1.29, 1.82) is 0 Å². The second-order valence-corrected chi connectivity index (χ2v) is 8.95. The fourth-order valence-corrected chi connectivity index (χ4v) is 4.01. The predicted molar refractivity (Wildman–Crippen MR) is 140 cm³/mol. The number of pyridine rings is 2. The van der Waals surface area contributed by atoms with Crippen LogP contribution in [0.25, 0.3) is 21.5 Å². The van der Waals surface area contributed by atoms with Gasteiger partial charge >= 0.3 is 12.2 Å². The third kappa shape index (κ3) is 5.54. The maximum Gasteiger partial charge on any atom is 0.414 e. The molecule has 0 bridgehead atoms. The molecule has 0 spiro atoms. The number of carbonyl (C=O) groups excluding carboxylic acids is 2. The van der Waals surface area contributed by atoms with Gasteiger partial charge in [-0.1, -0.05) is 24.3 Å². The smallest absolute Gasteiger partial charge is 0.410 e. The molecule has 4 rings (SSSR count). The standard InChI is InChI=1S/C28H30N4O4/c1-31(2)27(33)35-25-13-7-9-19-21(25)15-17-29-23(19)11-5-6-12-24-20-10-8-14-26(22(20)16-18-30-24)36-28(34)32(3)4/h7-10,13-18H,5-6,11-12H2,1-4H3. The number of carbonyl (C=O) groups is 2. The Balaban J connectivity index is 1.46. The highest BCUT2D eigenvalue weighted by atomic mass is 16.6. The van der Waals surface area contributed by atoms with E-state index in [0.717, 1.165) is 58.6 Å². The number of hydrogen-bond donors (Lipinski definition) is 0. The molecule has 186 valence electrons. The third-order valence-corrected chi connectivity index (χ3v) is 5.90. The molecule has 0 radical (unpaired) electrons. The molecule has 4 aromatic rings. The minimum Gasteiger partial charge on any atom is -0.410 e. The van der Waals surface area contributed by atoms with E-state index in [1.54, 1.807) is 52.7 Å². The lowest BCUT2D eigenvalue weighted by molar-refractivity contribution is 0.171. The molecule has 0 unspecified atom stereocenters. The van der Waals surface area contributed by atoms with E-state index in [0.29, 0.717) is 11.5 Å². The number of rotatable bonds is 7. The van der Waals surface area contributed by atoms with Gasteiger partial charge < -0.3 is 19.3 Å². The quantitative estimate of drug-likeness (QED) is 0.322. The molecule has 2 amide bonds. The molecule has 0 fully saturated rings. The average molecular weight is 487 g/mol. The van der Waals surface area contributed by atoms with Crippen molar-refractivity contribution in [3.05, 3.63) is 72.3 Å². The summed E-state index contributed by atoms with van der Waals surface area (Å²) in [6.07, 6.45) is 6.10. The summed E-state index contributed by atoms with van der Waals surface area (Å²) in [5, 5.41) is 3.70. The molecule has 0 aliphatic heterocycles. The highest BCUT2D eigenvalue weighted by Gasteiger charge is 2.14. The van der Waals surface area contributed by atoms with Crippen molar-refractivity contribution in [2.75, 3.05) is 28.2 Å². The summed E-state index contributed by atoms with van der Waals surface area (Å²) in [5.41, 5.74) is 1.94. The van der Waals surface area contributed by atoms with Crippen LogP contribution in [0.3, 0.4) is 0 Å². The molecule has 2 aromatic heterocycles. The Morgan fingerprint density at radius 1 is 0.639 bits per heavy atom. The molecular formula is C28H30N4O4. The molecular weight excluding hydrogens is 456 g/mol. The van der Waals surface area contributed by atoms with Crippen LogP contribution < -0.4 is 9.47 Å². The Bertz CT molecular complexity index is 1290. The van der Waals surface area contributed by atoms with E-state index in [-0.39, 0.29) is 0 Å². The van der Waals surface area contributed by atoms with Gasteiger partial charge in [0, 0.05) is 73.5 Å². The van der Waals surface area contributed by atoms with Crippen LogP contribution in [0.15, 0.2) is 60.9 Å². The molecule has 0 saturated heterocycles. The second kappa shape index (κ2) is 11.0. The largest absolute Gasteiger partial charge is 0.414 e. The number of amides is 2. The molecule has 0 aliphatic carbocycles. The zero-order valence-corrected chi connectivity index (χ0v) is 21.0. The SMILES string of the molecule is CN(C)C(=O)Oc1cccc2c(CCCCc3nccc4c(OC(=O)N(C)C)cccc34)nccc12. The first-order valence-corrected chi connectivity index (χ1v) is 11.9. The average Bonchev–Trinajstić information content (AvgIpc) is 2.87. The van der Waals surface area contributed by atoms with Gasteiger partial charge in [-0.2, -0.15) is 0 Å². The van der Waals surface area contributed by atoms with E-state index < -0.39 is 12.2 Å². The van der Waals surface area contributed by atoms with E-state index in [4.69, 9.17) is 9.47 Å². The van der Waals surface area contributed by atoms with Gasteiger partial charge in [-0.05, 0) is 49.9 Å². The predicted octanol–water partition coefficient (Wildman–Crippen LogP) is 5.47. The third-order valence-electron chi connectivity index (χ3n) is 5.90. The molecule has 8 heteroatoms. The first kappa shape index (κ1) is 24.9. The van der Waals surface area contributed by atoms with E-state index in [9.17, 15) is 9.59 Å². The molecule has 0 N–H and O–H groups in total. The van der Waals surface area contributed by atoms with Crippen LogP contribution in [0, 0.1) is 0 Å². The number of nitrogens with zero attached hydrogens (tertiary/aromatic N) is 4. The van der Waals surface area contributed by atoms with E-state index in [1.165, 1.54) is 9.80 Å². The Morgan fingerprint density at radius 3 is 1.44 bits per heavy atom. The summed E-state index contributed by atoms with van der Waals surface area (Å²) in [7, 11) is 6.62. The number of unbranched alkanes of at least 4 members (excludes halogenated alkanes) is 1. The van der Waals surface area contributed by atoms with Gasteiger partial charge in [-0.3, -0.25) is 9.97 Å². The Kier molecular flexibility index (Phi) is 7.63. The van der Waals surface area contributed by atoms with Crippen molar-refractivity contribution in [2.45, 2.75) is 25.7 Å². The van der Waals surface area contributed by atoms with Crippen LogP contribution in [0.2, 0.25) is 0 Å². The number of fused-ring (bicyclic) bond motifs is 2. The maximum atomic E-state index is 12.0. The molecule has 36 heavy (non-hydrogen) atoms. The van der Waals surface area contributed by atoms with Crippen LogP contribution >= 0.6 is 0 Å². The van der Waals surface area contributed by atoms with Crippen molar-refractivity contribution < 1.29 is 19.1 Å². The fraction of sp³-hybridized carbons (Fsp3) is 0.286. The first-order valence-electron chi connectivity index (χ1n) is 11.9. The van der Waals surface area contributed by atoms with Gasteiger partial charge in [0.1, 0.15) is 11.5 Å². The lowest BCUT2D eigenvalue weighted by Crippen LogP contribution is -2.25. The fourth-order valence-electron chi connectivity index (χ4n) is 4.01. The minimum atomic E-state index is -0.414. The molecule has 2 heterocycles. The zero-order valence-electron chi connectivity index (χ0n) is 21.0. The van der Waals surface area contributed by atoms with Crippen molar-refractivity contribution in [1.82, 2.24) is 19.8 Å². The van der Waals surface area contributed by atoms with Crippen molar-refractivity contribution in [3.63, 3.8) is 0 Å². The van der Waals surface area contributed by atoms with Crippen molar-refractivity contribution in [3.8, 4) is 11.5 Å². The normalized spacial score (nSPS) is 10.9. The van der Waals surface area contributed by atoms with Crippen molar-refractivity contribution in [2.24, 2.45) is 0 Å². The molecule has 8 nitrogen and oxygen atoms in total. The van der Waals surface area contributed by atoms with Crippen LogP contribution in [0.5, 0.6) is 11.5 Å². The molecule has 2 aromatic carbocycles. The number of aromatic nitrogens is 2. The number of hydrogen-bond acceptors (Lipinski definition) is 6. The zero-order chi connectivity index (χ0) is 25.7. The monoisotopic (exact) mass is 486 g/mol. The summed E-state index contributed by atoms with van der Waals surface area (Å²) in [6, 6.07) is 15.1. The summed E-state index contributed by atoms with van der Waals surface area (Å²) in [5.74, 6) is 1.06. The van der Waals surface area contributed by atoms with Crippen LogP contribution in [0.1, 0.15) is 24.2 Å². The Morgan fingerprint density at radius 2 is 1.06 bits per heavy atom. The minimum absolute atomic E-state index is 0.414. The Labute approximate surface area is 210 Å². The van der Waals surface area contributed by atoms with Crippen LogP contribution in [-0.2, 0) is 12.8 Å². The number of aryl methyl sites for hydroxylation is 2. The van der Waals surface area contributed by atoms with E-state index >= 15 is 0 Å². The van der Waals surface area contributed by atoms with E-state index in [1.807, 2.05) is 36.4 Å². The van der Waals surface area contributed by atoms with Crippen LogP contribution in [-0.4, -0.2) is 60.1 Å². The summed E-state index contributed by atoms with van der Waals surface area (Å²) in [6.45, 7) is 0.